The van der Waals surface area contributed by atoms with Crippen LogP contribution in [0.1, 0.15) is 19.4 Å². The lowest BCUT2D eigenvalue weighted by Gasteiger charge is -2.23. The Morgan fingerprint density at radius 2 is 1.46 bits per heavy atom. The molecule has 2 aromatic carbocycles. The van der Waals surface area contributed by atoms with E-state index in [9.17, 15) is 22.8 Å². The van der Waals surface area contributed by atoms with Crippen LogP contribution in [0.5, 0.6) is 0 Å². The molecule has 0 aliphatic heterocycles. The summed E-state index contributed by atoms with van der Waals surface area (Å²) >= 11 is 0. The van der Waals surface area contributed by atoms with E-state index in [2.05, 4.69) is 10.6 Å². The van der Waals surface area contributed by atoms with Gasteiger partial charge in [0.25, 0.3) is 0 Å². The Kier molecular flexibility index (Phi) is 6.02. The number of anilines is 1. The third kappa shape index (κ3) is 4.41. The monoisotopic (exact) mass is 364 g/mol. The maximum Gasteiger partial charge on any atom is 0.239 e. The van der Waals surface area contributed by atoms with Crippen molar-refractivity contribution in [1.82, 2.24) is 5.32 Å². The minimum absolute atomic E-state index is 0.116. The fourth-order valence-electron chi connectivity index (χ4n) is 2.22. The first-order valence-corrected chi connectivity index (χ1v) is 8.00. The smallest absolute Gasteiger partial charge is 0.239 e. The molecule has 7 heteroatoms. The van der Waals surface area contributed by atoms with Crippen LogP contribution in [0.2, 0.25) is 0 Å². The van der Waals surface area contributed by atoms with Crippen LogP contribution in [-0.2, 0) is 16.0 Å². The van der Waals surface area contributed by atoms with Crippen LogP contribution in [0.15, 0.2) is 42.5 Å². The third-order valence-electron chi connectivity index (χ3n) is 3.97. The molecule has 0 radical (unpaired) electrons. The van der Waals surface area contributed by atoms with Crippen molar-refractivity contribution in [2.75, 3.05) is 11.9 Å². The molecule has 0 saturated heterocycles. The molecule has 0 aromatic heterocycles. The van der Waals surface area contributed by atoms with Crippen molar-refractivity contribution in [2.24, 2.45) is 5.41 Å². The van der Waals surface area contributed by atoms with Gasteiger partial charge in [0.1, 0.15) is 28.6 Å². The van der Waals surface area contributed by atoms with Gasteiger partial charge in [-0.15, -0.1) is 0 Å². The molecule has 26 heavy (non-hydrogen) atoms. The van der Waals surface area contributed by atoms with Gasteiger partial charge in [-0.05, 0) is 44.0 Å². The second-order valence-corrected chi connectivity index (χ2v) is 6.27. The largest absolute Gasteiger partial charge is 0.355 e. The van der Waals surface area contributed by atoms with E-state index >= 15 is 0 Å². The third-order valence-corrected chi connectivity index (χ3v) is 3.97. The van der Waals surface area contributed by atoms with Crippen molar-refractivity contribution in [3.8, 4) is 0 Å². The Bertz CT molecular complexity index is 802. The highest BCUT2D eigenvalue weighted by Gasteiger charge is 2.36. The summed E-state index contributed by atoms with van der Waals surface area (Å²) in [4.78, 5) is 24.6. The van der Waals surface area contributed by atoms with E-state index in [0.717, 1.165) is 12.1 Å². The number of hydrogen-bond donors (Lipinski definition) is 2. The van der Waals surface area contributed by atoms with Gasteiger partial charge in [-0.1, -0.05) is 24.3 Å². The van der Waals surface area contributed by atoms with Gasteiger partial charge in [-0.25, -0.2) is 13.2 Å². The minimum atomic E-state index is -1.58. The predicted octanol–water partition coefficient (Wildman–Crippen LogP) is 3.43. The molecule has 4 nitrogen and oxygen atoms in total. The molecule has 2 aromatic rings. The summed E-state index contributed by atoms with van der Waals surface area (Å²) in [5.41, 5.74) is -1.75. The Balaban J connectivity index is 1.98. The van der Waals surface area contributed by atoms with Crippen LogP contribution in [0, 0.1) is 22.9 Å². The number of halogens is 3. The van der Waals surface area contributed by atoms with E-state index in [0.29, 0.717) is 5.56 Å². The van der Waals surface area contributed by atoms with Crippen LogP contribution in [0.4, 0.5) is 18.9 Å². The zero-order valence-electron chi connectivity index (χ0n) is 14.4. The number of carbonyl (C=O) groups excluding carboxylic acids is 2. The fourth-order valence-corrected chi connectivity index (χ4v) is 2.22. The summed E-state index contributed by atoms with van der Waals surface area (Å²) in [6.45, 7) is 2.78. The number of amides is 2. The maximum absolute atomic E-state index is 13.6. The van der Waals surface area contributed by atoms with Crippen molar-refractivity contribution in [3.05, 3.63) is 65.5 Å². The minimum Gasteiger partial charge on any atom is -0.355 e. The van der Waals surface area contributed by atoms with Crippen molar-refractivity contribution >= 4 is 17.5 Å². The second kappa shape index (κ2) is 8.03. The lowest BCUT2D eigenvalue weighted by molar-refractivity contribution is -0.138. The molecule has 0 aliphatic rings. The van der Waals surface area contributed by atoms with Crippen molar-refractivity contribution in [3.63, 3.8) is 0 Å². The fraction of sp³-hybridized carbons (Fsp3) is 0.263. The molecule has 138 valence electrons. The van der Waals surface area contributed by atoms with Crippen molar-refractivity contribution in [2.45, 2.75) is 20.3 Å². The number of carbonyl (C=O) groups is 2. The van der Waals surface area contributed by atoms with Crippen molar-refractivity contribution < 1.29 is 22.8 Å². The van der Waals surface area contributed by atoms with Crippen LogP contribution in [0.25, 0.3) is 0 Å². The van der Waals surface area contributed by atoms with Gasteiger partial charge in [0.05, 0.1) is 0 Å². The van der Waals surface area contributed by atoms with Gasteiger partial charge in [-0.2, -0.15) is 0 Å². The molecule has 0 heterocycles. The highest BCUT2D eigenvalue weighted by Crippen LogP contribution is 2.23. The number of nitrogens with one attached hydrogen (secondary N) is 2. The van der Waals surface area contributed by atoms with E-state index in [1.165, 1.54) is 26.0 Å². The molecule has 2 N–H and O–H groups in total. The van der Waals surface area contributed by atoms with Crippen LogP contribution in [-0.4, -0.2) is 18.4 Å². The van der Waals surface area contributed by atoms with Crippen LogP contribution >= 0.6 is 0 Å². The molecule has 0 fully saturated rings. The summed E-state index contributed by atoms with van der Waals surface area (Å²) in [5.74, 6) is -3.75. The summed E-state index contributed by atoms with van der Waals surface area (Å²) < 4.78 is 40.8. The van der Waals surface area contributed by atoms with Gasteiger partial charge in [0.15, 0.2) is 0 Å². The van der Waals surface area contributed by atoms with Gasteiger partial charge < -0.3 is 10.6 Å². The second-order valence-electron chi connectivity index (χ2n) is 6.27. The quantitative estimate of drug-likeness (QED) is 0.772. The number of para-hydroxylation sites is 1. The summed E-state index contributed by atoms with van der Waals surface area (Å²) in [6, 6.07) is 9.33. The Morgan fingerprint density at radius 1 is 0.885 bits per heavy atom. The number of benzene rings is 2. The van der Waals surface area contributed by atoms with E-state index in [1.807, 2.05) is 0 Å². The molecule has 2 amide bonds. The highest BCUT2D eigenvalue weighted by molar-refractivity contribution is 6.09. The molecule has 0 unspecified atom stereocenters. The molecule has 0 atom stereocenters. The first-order valence-electron chi connectivity index (χ1n) is 8.00. The molecule has 0 bridgehead atoms. The standard InChI is InChI=1S/C19H19F3N2O2/c1-19(2,18(26)24-16-14(21)8-5-9-15(16)22)17(25)23-11-10-12-6-3-4-7-13(12)20/h3-9H,10-11H2,1-2H3,(H,23,25)(H,24,26). The Hall–Kier alpha value is -2.83. The van der Waals surface area contributed by atoms with E-state index in [1.54, 1.807) is 18.2 Å². The maximum atomic E-state index is 13.6. The summed E-state index contributed by atoms with van der Waals surface area (Å²) in [6.07, 6.45) is 0.248. The van der Waals surface area contributed by atoms with Crippen LogP contribution < -0.4 is 10.6 Å². The van der Waals surface area contributed by atoms with E-state index < -0.39 is 34.6 Å². The SMILES string of the molecule is CC(C)(C(=O)NCCc1ccccc1F)C(=O)Nc1c(F)cccc1F. The average Bonchev–Trinajstić information content (AvgIpc) is 2.59. The first kappa shape index (κ1) is 19.5. The highest BCUT2D eigenvalue weighted by atomic mass is 19.1. The lowest BCUT2D eigenvalue weighted by atomic mass is 9.90. The predicted molar refractivity (Wildman–Crippen MR) is 91.9 cm³/mol. The van der Waals surface area contributed by atoms with E-state index in [4.69, 9.17) is 0 Å². The molecular weight excluding hydrogens is 345 g/mol. The molecule has 0 saturated carbocycles. The van der Waals surface area contributed by atoms with Gasteiger partial charge in [-0.3, -0.25) is 9.59 Å². The summed E-state index contributed by atoms with van der Waals surface area (Å²) in [7, 11) is 0. The Labute approximate surface area is 149 Å². The lowest BCUT2D eigenvalue weighted by Crippen LogP contribution is -2.45. The van der Waals surface area contributed by atoms with Crippen LogP contribution in [0.3, 0.4) is 0 Å². The molecule has 0 aliphatic carbocycles. The van der Waals surface area contributed by atoms with Gasteiger partial charge in [0, 0.05) is 6.54 Å². The molecular formula is C19H19F3N2O2. The zero-order valence-corrected chi connectivity index (χ0v) is 14.4. The summed E-state index contributed by atoms with van der Waals surface area (Å²) in [5, 5.41) is 4.65. The van der Waals surface area contributed by atoms with Gasteiger partial charge >= 0.3 is 0 Å². The van der Waals surface area contributed by atoms with Gasteiger partial charge in [0.2, 0.25) is 11.8 Å². The normalized spacial score (nSPS) is 11.1. The molecule has 2 rings (SSSR count). The topological polar surface area (TPSA) is 58.2 Å². The molecule has 0 spiro atoms. The van der Waals surface area contributed by atoms with E-state index in [-0.39, 0.29) is 18.8 Å². The Morgan fingerprint density at radius 3 is 2.08 bits per heavy atom. The zero-order chi connectivity index (χ0) is 19.3. The first-order chi connectivity index (χ1) is 12.2. The van der Waals surface area contributed by atoms with Crippen molar-refractivity contribution in [1.29, 1.82) is 0 Å². The number of hydrogen-bond acceptors (Lipinski definition) is 2. The average molecular weight is 364 g/mol. The number of rotatable bonds is 6.